The monoisotopic (exact) mass is 207 g/mol. The molecule has 1 aromatic rings. The zero-order chi connectivity index (χ0) is 11.4. The summed E-state index contributed by atoms with van der Waals surface area (Å²) in [5.41, 5.74) is 6.98. The van der Waals surface area contributed by atoms with Gasteiger partial charge in [-0.3, -0.25) is 9.59 Å². The zero-order valence-corrected chi connectivity index (χ0v) is 8.43. The number of benzene rings is 1. The van der Waals surface area contributed by atoms with Crippen LogP contribution in [0.4, 0.5) is 0 Å². The van der Waals surface area contributed by atoms with Gasteiger partial charge in [-0.2, -0.15) is 0 Å². The van der Waals surface area contributed by atoms with Gasteiger partial charge < -0.3 is 10.8 Å². The fraction of sp³-hybridized carbons (Fsp3) is 0.273. The fourth-order valence-corrected chi connectivity index (χ4v) is 1.27. The first-order chi connectivity index (χ1) is 7.00. The number of carboxylic acid groups (broad SMARTS) is 1. The number of rotatable bonds is 4. The summed E-state index contributed by atoms with van der Waals surface area (Å²) in [6, 6.07) is 6.15. The minimum absolute atomic E-state index is 0.0200. The van der Waals surface area contributed by atoms with Crippen LogP contribution in [0.1, 0.15) is 35.3 Å². The second-order valence-corrected chi connectivity index (χ2v) is 3.38. The van der Waals surface area contributed by atoms with Crippen LogP contribution in [0, 0.1) is 0 Å². The first-order valence-electron chi connectivity index (χ1n) is 4.59. The molecule has 0 aliphatic rings. The van der Waals surface area contributed by atoms with Crippen molar-refractivity contribution >= 4 is 11.8 Å². The highest BCUT2D eigenvalue weighted by atomic mass is 16.4. The van der Waals surface area contributed by atoms with E-state index in [1.165, 1.54) is 6.92 Å². The third-order valence-electron chi connectivity index (χ3n) is 2.14. The van der Waals surface area contributed by atoms with Crippen molar-refractivity contribution in [1.82, 2.24) is 0 Å². The van der Waals surface area contributed by atoms with Crippen LogP contribution in [-0.2, 0) is 4.79 Å². The Kier molecular flexibility index (Phi) is 3.57. The van der Waals surface area contributed by atoms with Gasteiger partial charge in [-0.25, -0.2) is 0 Å². The van der Waals surface area contributed by atoms with Crippen LogP contribution >= 0.6 is 0 Å². The van der Waals surface area contributed by atoms with Crippen molar-refractivity contribution in [2.75, 3.05) is 0 Å². The third kappa shape index (κ3) is 3.18. The van der Waals surface area contributed by atoms with E-state index in [1.807, 2.05) is 0 Å². The quantitative estimate of drug-likeness (QED) is 0.730. The van der Waals surface area contributed by atoms with E-state index in [0.29, 0.717) is 5.56 Å². The van der Waals surface area contributed by atoms with E-state index < -0.39 is 12.0 Å². The topological polar surface area (TPSA) is 80.4 Å². The highest BCUT2D eigenvalue weighted by molar-refractivity contribution is 5.94. The lowest BCUT2D eigenvalue weighted by molar-refractivity contribution is -0.137. The van der Waals surface area contributed by atoms with E-state index in [0.717, 1.165) is 5.56 Å². The van der Waals surface area contributed by atoms with Gasteiger partial charge in [0.05, 0.1) is 6.42 Å². The standard InChI is InChI=1S/C11H13NO3/c1-7(13)8-2-4-9(5-3-8)10(12)6-11(14)15/h2-5,10H,6,12H2,1H3,(H,14,15)/t10-/m0/s1. The first kappa shape index (κ1) is 11.4. The minimum atomic E-state index is -0.932. The molecule has 0 amide bonds. The number of carbonyl (C=O) groups excluding carboxylic acids is 1. The normalized spacial score (nSPS) is 12.1. The molecular weight excluding hydrogens is 194 g/mol. The summed E-state index contributed by atoms with van der Waals surface area (Å²) >= 11 is 0. The molecule has 0 aliphatic heterocycles. The molecule has 0 fully saturated rings. The van der Waals surface area contributed by atoms with Crippen LogP contribution in [0.2, 0.25) is 0 Å². The SMILES string of the molecule is CC(=O)c1ccc([C@@H](N)CC(=O)O)cc1. The summed E-state index contributed by atoms with van der Waals surface area (Å²) in [4.78, 5) is 21.4. The number of nitrogens with two attached hydrogens (primary N) is 1. The molecule has 0 radical (unpaired) electrons. The average molecular weight is 207 g/mol. The van der Waals surface area contributed by atoms with Crippen molar-refractivity contribution in [3.05, 3.63) is 35.4 Å². The molecule has 0 bridgehead atoms. The molecule has 0 heterocycles. The van der Waals surface area contributed by atoms with Crippen molar-refractivity contribution in [3.63, 3.8) is 0 Å². The molecule has 3 N–H and O–H groups in total. The third-order valence-corrected chi connectivity index (χ3v) is 2.14. The number of ketones is 1. The van der Waals surface area contributed by atoms with Gasteiger partial charge in [-0.15, -0.1) is 0 Å². The number of hydrogen-bond donors (Lipinski definition) is 2. The van der Waals surface area contributed by atoms with Gasteiger partial charge in [0, 0.05) is 11.6 Å². The lowest BCUT2D eigenvalue weighted by Crippen LogP contribution is -2.14. The number of carbonyl (C=O) groups is 2. The predicted molar refractivity (Wildman–Crippen MR) is 55.6 cm³/mol. The Morgan fingerprint density at radius 2 is 1.87 bits per heavy atom. The second kappa shape index (κ2) is 4.70. The van der Waals surface area contributed by atoms with Crippen LogP contribution in [0.5, 0.6) is 0 Å². The molecule has 0 unspecified atom stereocenters. The molecular formula is C11H13NO3. The zero-order valence-electron chi connectivity index (χ0n) is 8.43. The Hall–Kier alpha value is -1.68. The van der Waals surface area contributed by atoms with Crippen molar-refractivity contribution in [1.29, 1.82) is 0 Å². The number of aliphatic carboxylic acids is 1. The van der Waals surface area contributed by atoms with Crippen molar-refractivity contribution < 1.29 is 14.7 Å². The number of Topliss-reactive ketones (excluding diaryl/α,β-unsaturated/α-hetero) is 1. The lowest BCUT2D eigenvalue weighted by Gasteiger charge is -2.09. The average Bonchev–Trinajstić information content (AvgIpc) is 2.17. The van der Waals surface area contributed by atoms with Crippen molar-refractivity contribution in [3.8, 4) is 0 Å². The maximum absolute atomic E-state index is 11.0. The first-order valence-corrected chi connectivity index (χ1v) is 4.59. The van der Waals surface area contributed by atoms with Gasteiger partial charge in [0.25, 0.3) is 0 Å². The predicted octanol–water partition coefficient (Wildman–Crippen LogP) is 1.36. The molecule has 15 heavy (non-hydrogen) atoms. The smallest absolute Gasteiger partial charge is 0.305 e. The maximum Gasteiger partial charge on any atom is 0.305 e. The fourth-order valence-electron chi connectivity index (χ4n) is 1.27. The Bertz CT molecular complexity index is 370. The van der Waals surface area contributed by atoms with Crippen molar-refractivity contribution in [2.24, 2.45) is 5.73 Å². The Morgan fingerprint density at radius 3 is 2.27 bits per heavy atom. The molecule has 4 nitrogen and oxygen atoms in total. The van der Waals surface area contributed by atoms with Crippen molar-refractivity contribution in [2.45, 2.75) is 19.4 Å². The van der Waals surface area contributed by atoms with Crippen LogP contribution in [-0.4, -0.2) is 16.9 Å². The minimum Gasteiger partial charge on any atom is -0.481 e. The largest absolute Gasteiger partial charge is 0.481 e. The van der Waals surface area contributed by atoms with Crippen LogP contribution < -0.4 is 5.73 Å². The number of carboxylic acids is 1. The molecule has 0 spiro atoms. The van der Waals surface area contributed by atoms with Crippen LogP contribution in [0.25, 0.3) is 0 Å². The Balaban J connectivity index is 2.79. The van der Waals surface area contributed by atoms with Gasteiger partial charge in [0.15, 0.2) is 5.78 Å². The Morgan fingerprint density at radius 1 is 1.33 bits per heavy atom. The molecule has 0 saturated carbocycles. The highest BCUT2D eigenvalue weighted by Gasteiger charge is 2.10. The molecule has 4 heteroatoms. The van der Waals surface area contributed by atoms with E-state index in [-0.39, 0.29) is 12.2 Å². The molecule has 1 atom stereocenters. The van der Waals surface area contributed by atoms with Gasteiger partial charge >= 0.3 is 5.97 Å². The highest BCUT2D eigenvalue weighted by Crippen LogP contribution is 2.14. The lowest BCUT2D eigenvalue weighted by atomic mass is 10.0. The van der Waals surface area contributed by atoms with E-state index >= 15 is 0 Å². The summed E-state index contributed by atoms with van der Waals surface area (Å²) in [5.74, 6) is -0.952. The summed E-state index contributed by atoms with van der Waals surface area (Å²) in [7, 11) is 0. The summed E-state index contributed by atoms with van der Waals surface area (Å²) in [6.07, 6.45) is -0.112. The van der Waals surface area contributed by atoms with E-state index in [1.54, 1.807) is 24.3 Å². The van der Waals surface area contributed by atoms with Gasteiger partial charge in [0.2, 0.25) is 0 Å². The maximum atomic E-state index is 11.0. The van der Waals surface area contributed by atoms with Gasteiger partial charge in [-0.1, -0.05) is 24.3 Å². The summed E-state index contributed by atoms with van der Waals surface area (Å²) < 4.78 is 0. The van der Waals surface area contributed by atoms with Gasteiger partial charge in [-0.05, 0) is 12.5 Å². The molecule has 1 aromatic carbocycles. The van der Waals surface area contributed by atoms with E-state index in [4.69, 9.17) is 10.8 Å². The van der Waals surface area contributed by atoms with E-state index in [9.17, 15) is 9.59 Å². The van der Waals surface area contributed by atoms with Crippen LogP contribution in [0.15, 0.2) is 24.3 Å². The second-order valence-electron chi connectivity index (χ2n) is 3.38. The molecule has 0 saturated heterocycles. The number of hydrogen-bond acceptors (Lipinski definition) is 3. The van der Waals surface area contributed by atoms with Crippen LogP contribution in [0.3, 0.4) is 0 Å². The summed E-state index contributed by atoms with van der Waals surface area (Å²) in [6.45, 7) is 1.48. The molecule has 0 aliphatic carbocycles. The molecule has 0 aromatic heterocycles. The summed E-state index contributed by atoms with van der Waals surface area (Å²) in [5, 5.41) is 8.55. The molecule has 80 valence electrons. The molecule has 1 rings (SSSR count). The Labute approximate surface area is 87.7 Å². The van der Waals surface area contributed by atoms with E-state index in [2.05, 4.69) is 0 Å². The van der Waals surface area contributed by atoms with Gasteiger partial charge in [0.1, 0.15) is 0 Å².